The molecule has 1 N–H and O–H groups in total. The summed E-state index contributed by atoms with van der Waals surface area (Å²) < 4.78 is 0. The summed E-state index contributed by atoms with van der Waals surface area (Å²) in [6, 6.07) is 6.29. The van der Waals surface area contributed by atoms with Gasteiger partial charge in [0.25, 0.3) is 0 Å². The summed E-state index contributed by atoms with van der Waals surface area (Å²) >= 11 is 1.46. The van der Waals surface area contributed by atoms with Crippen LogP contribution in [0.1, 0.15) is 42.5 Å². The molecule has 6 nitrogen and oxygen atoms in total. The summed E-state index contributed by atoms with van der Waals surface area (Å²) in [5, 5.41) is 5.58. The van der Waals surface area contributed by atoms with Crippen LogP contribution in [0, 0.1) is 5.92 Å². The van der Waals surface area contributed by atoms with Gasteiger partial charge < -0.3 is 10.2 Å². The zero-order valence-corrected chi connectivity index (χ0v) is 17.3. The first-order valence-electron chi connectivity index (χ1n) is 10.6. The van der Waals surface area contributed by atoms with E-state index in [2.05, 4.69) is 27.3 Å². The maximum absolute atomic E-state index is 12.7. The normalized spacial score (nSPS) is 21.7. The van der Waals surface area contributed by atoms with Gasteiger partial charge in [0.15, 0.2) is 5.13 Å². The zero-order chi connectivity index (χ0) is 19.8. The number of rotatable bonds is 5. The maximum atomic E-state index is 12.7. The van der Waals surface area contributed by atoms with Crippen LogP contribution in [0.15, 0.2) is 23.6 Å². The summed E-state index contributed by atoms with van der Waals surface area (Å²) in [7, 11) is 0. The molecule has 1 aromatic heterocycles. The Hall–Kier alpha value is -2.25. The highest BCUT2D eigenvalue weighted by atomic mass is 32.1. The van der Waals surface area contributed by atoms with Gasteiger partial charge in [0.05, 0.1) is 11.6 Å². The Morgan fingerprint density at radius 3 is 2.86 bits per heavy atom. The molecule has 2 aliphatic heterocycles. The van der Waals surface area contributed by atoms with Gasteiger partial charge >= 0.3 is 0 Å². The number of hydrogen-bond donors (Lipinski definition) is 1. The molecule has 5 rings (SSSR count). The number of nitrogens with one attached hydrogen (secondary N) is 1. The first-order valence-corrected chi connectivity index (χ1v) is 11.4. The molecule has 1 unspecified atom stereocenters. The van der Waals surface area contributed by atoms with Crippen LogP contribution in [-0.2, 0) is 29.0 Å². The molecule has 7 heteroatoms. The van der Waals surface area contributed by atoms with Crippen molar-refractivity contribution < 1.29 is 9.59 Å². The third-order valence-electron chi connectivity index (χ3n) is 6.26. The second-order valence-electron chi connectivity index (χ2n) is 8.33. The van der Waals surface area contributed by atoms with E-state index in [4.69, 9.17) is 0 Å². The fourth-order valence-corrected chi connectivity index (χ4v) is 5.38. The number of aryl methyl sites for hydroxylation is 2. The molecule has 1 atom stereocenters. The zero-order valence-electron chi connectivity index (χ0n) is 16.5. The van der Waals surface area contributed by atoms with Crippen molar-refractivity contribution in [2.24, 2.45) is 5.92 Å². The number of amides is 2. The molecule has 0 bridgehead atoms. The van der Waals surface area contributed by atoms with E-state index < -0.39 is 0 Å². The van der Waals surface area contributed by atoms with Gasteiger partial charge in [-0.3, -0.25) is 14.5 Å². The Morgan fingerprint density at radius 1 is 1.17 bits per heavy atom. The average molecular weight is 411 g/mol. The summed E-state index contributed by atoms with van der Waals surface area (Å²) in [6.45, 7) is 3.54. The Labute approximate surface area is 174 Å². The fraction of sp³-hybridized carbons (Fsp3) is 0.500. The molecule has 2 saturated heterocycles. The van der Waals surface area contributed by atoms with Crippen molar-refractivity contribution in [2.45, 2.75) is 45.1 Å². The lowest BCUT2D eigenvalue weighted by Gasteiger charge is -2.17. The molecule has 2 fully saturated rings. The van der Waals surface area contributed by atoms with Crippen molar-refractivity contribution >= 4 is 34.0 Å². The van der Waals surface area contributed by atoms with Crippen LogP contribution >= 0.6 is 11.3 Å². The summed E-state index contributed by atoms with van der Waals surface area (Å²) in [4.78, 5) is 34.0. The van der Waals surface area contributed by atoms with Crippen molar-refractivity contribution in [3.8, 4) is 0 Å². The molecule has 3 heterocycles. The van der Waals surface area contributed by atoms with Crippen LogP contribution in [0.2, 0.25) is 0 Å². The quantitative estimate of drug-likeness (QED) is 0.822. The number of benzene rings is 1. The SMILES string of the molecule is O=C(Nc1nc(CN2CCCC2)cs1)C1CC(=O)N(c2ccc3c(c2)CCC3)C1. The molecule has 0 saturated carbocycles. The number of likely N-dealkylation sites (tertiary alicyclic amines) is 1. The number of carbonyl (C=O) groups excluding carboxylic acids is 2. The molecular formula is C22H26N4O2S. The van der Waals surface area contributed by atoms with Crippen molar-refractivity contribution in [3.05, 3.63) is 40.4 Å². The van der Waals surface area contributed by atoms with Crippen molar-refractivity contribution in [3.63, 3.8) is 0 Å². The summed E-state index contributed by atoms with van der Waals surface area (Å²) in [5.74, 6) is -0.414. The Bertz CT molecular complexity index is 935. The number of hydrogen-bond acceptors (Lipinski definition) is 5. The average Bonchev–Trinajstić information content (AvgIpc) is 3.49. The van der Waals surface area contributed by atoms with Crippen LogP contribution in [0.25, 0.3) is 0 Å². The highest BCUT2D eigenvalue weighted by Gasteiger charge is 2.35. The number of aromatic nitrogens is 1. The number of thiazole rings is 1. The van der Waals surface area contributed by atoms with E-state index in [9.17, 15) is 9.59 Å². The lowest BCUT2D eigenvalue weighted by Crippen LogP contribution is -2.28. The Balaban J connectivity index is 1.21. The van der Waals surface area contributed by atoms with Gasteiger partial charge in [0.1, 0.15) is 0 Å². The molecule has 0 radical (unpaired) electrons. The van der Waals surface area contributed by atoms with E-state index in [0.29, 0.717) is 11.7 Å². The molecular weight excluding hydrogens is 384 g/mol. The molecule has 2 amide bonds. The van der Waals surface area contributed by atoms with Crippen LogP contribution in [0.3, 0.4) is 0 Å². The maximum Gasteiger partial charge on any atom is 0.231 e. The minimum Gasteiger partial charge on any atom is -0.312 e. The second-order valence-corrected chi connectivity index (χ2v) is 9.19. The van der Waals surface area contributed by atoms with Gasteiger partial charge in [0, 0.05) is 30.6 Å². The van der Waals surface area contributed by atoms with Crippen molar-refractivity contribution in [2.75, 3.05) is 29.9 Å². The first kappa shape index (κ1) is 18.8. The lowest BCUT2D eigenvalue weighted by molar-refractivity contribution is -0.122. The standard InChI is InChI=1S/C22H26N4O2S/c27-20-11-17(12-26(20)19-7-6-15-4-3-5-16(15)10-19)21(28)24-22-23-18(14-29-22)13-25-8-1-2-9-25/h6-7,10,14,17H,1-5,8-9,11-13H2,(H,23,24,28). The fourth-order valence-electron chi connectivity index (χ4n) is 4.67. The summed E-state index contributed by atoms with van der Waals surface area (Å²) in [6.07, 6.45) is 6.16. The van der Waals surface area contributed by atoms with E-state index in [1.165, 1.54) is 41.7 Å². The lowest BCUT2D eigenvalue weighted by atomic mass is 10.1. The Morgan fingerprint density at radius 2 is 2.00 bits per heavy atom. The third-order valence-corrected chi connectivity index (χ3v) is 7.06. The van der Waals surface area contributed by atoms with Crippen LogP contribution < -0.4 is 10.2 Å². The number of carbonyl (C=O) groups is 2. The first-order chi connectivity index (χ1) is 14.2. The van der Waals surface area contributed by atoms with Gasteiger partial charge in [-0.15, -0.1) is 11.3 Å². The topological polar surface area (TPSA) is 65.5 Å². The van der Waals surface area contributed by atoms with E-state index in [1.807, 2.05) is 11.4 Å². The predicted molar refractivity (Wildman–Crippen MR) is 114 cm³/mol. The largest absolute Gasteiger partial charge is 0.312 e. The molecule has 1 aromatic carbocycles. The second kappa shape index (κ2) is 7.88. The monoisotopic (exact) mass is 410 g/mol. The van der Waals surface area contributed by atoms with Gasteiger partial charge in [-0.25, -0.2) is 4.98 Å². The number of fused-ring (bicyclic) bond motifs is 1. The van der Waals surface area contributed by atoms with Gasteiger partial charge in [-0.1, -0.05) is 6.07 Å². The van der Waals surface area contributed by atoms with E-state index >= 15 is 0 Å². The van der Waals surface area contributed by atoms with Crippen LogP contribution in [-0.4, -0.2) is 41.3 Å². The molecule has 0 spiro atoms. The van der Waals surface area contributed by atoms with Crippen molar-refractivity contribution in [1.29, 1.82) is 0 Å². The molecule has 3 aliphatic rings. The molecule has 29 heavy (non-hydrogen) atoms. The van der Waals surface area contributed by atoms with Crippen molar-refractivity contribution in [1.82, 2.24) is 9.88 Å². The van der Waals surface area contributed by atoms with E-state index in [0.717, 1.165) is 43.9 Å². The van der Waals surface area contributed by atoms with Gasteiger partial charge in [-0.05, 0) is 68.5 Å². The number of nitrogens with zero attached hydrogens (tertiary/aromatic N) is 3. The van der Waals surface area contributed by atoms with E-state index in [1.54, 1.807) is 4.90 Å². The minimum atomic E-state index is -0.332. The van der Waals surface area contributed by atoms with Gasteiger partial charge in [-0.2, -0.15) is 0 Å². The number of anilines is 2. The van der Waals surface area contributed by atoms with Crippen LogP contribution in [0.5, 0.6) is 0 Å². The minimum absolute atomic E-state index is 0.0250. The molecule has 152 valence electrons. The summed E-state index contributed by atoms with van der Waals surface area (Å²) in [5.41, 5.74) is 4.67. The molecule has 2 aromatic rings. The predicted octanol–water partition coefficient (Wildman–Crippen LogP) is 3.22. The smallest absolute Gasteiger partial charge is 0.231 e. The highest BCUT2D eigenvalue weighted by molar-refractivity contribution is 7.13. The van der Waals surface area contributed by atoms with Gasteiger partial charge in [0.2, 0.25) is 11.8 Å². The highest BCUT2D eigenvalue weighted by Crippen LogP contribution is 2.31. The van der Waals surface area contributed by atoms with Crippen LogP contribution in [0.4, 0.5) is 10.8 Å². The third kappa shape index (κ3) is 3.94. The molecule has 1 aliphatic carbocycles. The Kier molecular flexibility index (Phi) is 5.09. The van der Waals surface area contributed by atoms with E-state index in [-0.39, 0.29) is 24.2 Å².